The van der Waals surface area contributed by atoms with E-state index in [0.29, 0.717) is 41.2 Å². The fraction of sp³-hybridized carbons (Fsp3) is 0.217. The molecular weight excluding hydrogens is 414 g/mol. The van der Waals surface area contributed by atoms with Gasteiger partial charge in [-0.15, -0.1) is 0 Å². The first-order valence-corrected chi connectivity index (χ1v) is 11.3. The molecule has 0 spiro atoms. The zero-order valence-electron chi connectivity index (χ0n) is 17.5. The lowest BCUT2D eigenvalue weighted by Crippen LogP contribution is -2.29. The predicted octanol–water partition coefficient (Wildman–Crippen LogP) is 4.17. The second kappa shape index (κ2) is 8.03. The molecule has 0 saturated carbocycles. The summed E-state index contributed by atoms with van der Waals surface area (Å²) in [4.78, 5) is 11.7. The van der Waals surface area contributed by atoms with Crippen molar-refractivity contribution in [2.75, 3.05) is 16.2 Å². The molecule has 1 aliphatic heterocycles. The van der Waals surface area contributed by atoms with Crippen LogP contribution in [0.15, 0.2) is 51.9 Å². The van der Waals surface area contributed by atoms with Gasteiger partial charge >= 0.3 is 0 Å². The third-order valence-electron chi connectivity index (χ3n) is 5.24. The van der Waals surface area contributed by atoms with Gasteiger partial charge in [-0.2, -0.15) is 0 Å². The lowest BCUT2D eigenvalue weighted by Gasteiger charge is -2.21. The predicted molar refractivity (Wildman–Crippen MR) is 120 cm³/mol. The van der Waals surface area contributed by atoms with Gasteiger partial charge in [0.2, 0.25) is 5.91 Å². The van der Waals surface area contributed by atoms with Gasteiger partial charge in [-0.25, -0.2) is 8.42 Å². The van der Waals surface area contributed by atoms with E-state index in [9.17, 15) is 13.2 Å². The van der Waals surface area contributed by atoms with Crippen molar-refractivity contribution in [1.29, 1.82) is 0 Å². The van der Waals surface area contributed by atoms with Gasteiger partial charge < -0.3 is 9.84 Å². The van der Waals surface area contributed by atoms with Crippen LogP contribution >= 0.6 is 0 Å². The maximum absolute atomic E-state index is 13.4. The maximum Gasteiger partial charge on any atom is 0.264 e. The number of hydrogen-bond donors (Lipinski definition) is 1. The van der Waals surface area contributed by atoms with Crippen molar-refractivity contribution in [2.24, 2.45) is 0 Å². The second-order valence-corrected chi connectivity index (χ2v) is 9.33. The van der Waals surface area contributed by atoms with Crippen LogP contribution in [-0.2, 0) is 21.2 Å². The zero-order chi connectivity index (χ0) is 22.2. The van der Waals surface area contributed by atoms with Crippen molar-refractivity contribution < 1.29 is 17.7 Å². The highest BCUT2D eigenvalue weighted by Crippen LogP contribution is 2.34. The quantitative estimate of drug-likeness (QED) is 0.647. The first-order valence-electron chi connectivity index (χ1n) is 9.90. The number of hydrogen-bond acceptors (Lipinski definition) is 5. The maximum atomic E-state index is 13.4. The Hall–Kier alpha value is -3.39. The third kappa shape index (κ3) is 3.98. The zero-order valence-corrected chi connectivity index (χ0v) is 18.4. The standard InChI is InChI=1S/C23H23N3O4S/c1-15-8-9-18(10-11-21-23(24-17(3)27)16(2)25-30-21)14-22(15)31(28,29)26-13-12-19-6-4-5-7-20(19)26/h4-11,14H,12-13H2,1-3H3,(H,24,27). The molecule has 1 aliphatic rings. The van der Waals surface area contributed by atoms with Gasteiger partial charge in [0, 0.05) is 13.5 Å². The first-order chi connectivity index (χ1) is 14.8. The first kappa shape index (κ1) is 20.9. The van der Waals surface area contributed by atoms with Gasteiger partial charge in [0.25, 0.3) is 10.0 Å². The molecule has 31 heavy (non-hydrogen) atoms. The van der Waals surface area contributed by atoms with Gasteiger partial charge in [0.15, 0.2) is 5.76 Å². The molecule has 4 rings (SSSR count). The Balaban J connectivity index is 1.67. The number of nitrogens with one attached hydrogen (secondary N) is 1. The van der Waals surface area contributed by atoms with E-state index in [0.717, 1.165) is 11.3 Å². The summed E-state index contributed by atoms with van der Waals surface area (Å²) in [6.07, 6.45) is 4.10. The topological polar surface area (TPSA) is 92.5 Å². The largest absolute Gasteiger partial charge is 0.354 e. The number of aromatic nitrogens is 1. The van der Waals surface area contributed by atoms with Crippen LogP contribution < -0.4 is 9.62 Å². The molecule has 2 heterocycles. The lowest BCUT2D eigenvalue weighted by molar-refractivity contribution is -0.114. The van der Waals surface area contributed by atoms with Gasteiger partial charge in [-0.05, 0) is 55.2 Å². The number of carbonyl (C=O) groups excluding carboxylic acids is 1. The summed E-state index contributed by atoms with van der Waals surface area (Å²) >= 11 is 0. The summed E-state index contributed by atoms with van der Waals surface area (Å²) in [5, 5.41) is 6.58. The van der Waals surface area contributed by atoms with Crippen LogP contribution in [0.1, 0.15) is 35.1 Å². The van der Waals surface area contributed by atoms with E-state index in [-0.39, 0.29) is 10.8 Å². The van der Waals surface area contributed by atoms with E-state index < -0.39 is 10.0 Å². The summed E-state index contributed by atoms with van der Waals surface area (Å²) in [5.74, 6) is 0.168. The summed E-state index contributed by atoms with van der Waals surface area (Å²) in [7, 11) is -3.70. The number of sulfonamides is 1. The fourth-order valence-corrected chi connectivity index (χ4v) is 5.44. The second-order valence-electron chi connectivity index (χ2n) is 7.50. The molecule has 0 radical (unpaired) electrons. The van der Waals surface area contributed by atoms with Gasteiger partial charge in [0.05, 0.1) is 10.6 Å². The molecule has 1 aromatic heterocycles. The van der Waals surface area contributed by atoms with Crippen molar-refractivity contribution in [3.63, 3.8) is 0 Å². The lowest BCUT2D eigenvalue weighted by atomic mass is 10.1. The van der Waals surface area contributed by atoms with Crippen molar-refractivity contribution in [1.82, 2.24) is 5.16 Å². The number of fused-ring (bicyclic) bond motifs is 1. The van der Waals surface area contributed by atoms with Crippen molar-refractivity contribution in [3.05, 3.63) is 70.6 Å². The smallest absolute Gasteiger partial charge is 0.264 e. The average molecular weight is 438 g/mol. The summed E-state index contributed by atoms with van der Waals surface area (Å²) < 4.78 is 33.7. The molecule has 0 atom stereocenters. The highest BCUT2D eigenvalue weighted by atomic mass is 32.2. The minimum Gasteiger partial charge on any atom is -0.354 e. The number of amides is 1. The van der Waals surface area contributed by atoms with Crippen LogP contribution in [0.4, 0.5) is 11.4 Å². The Bertz CT molecular complexity index is 1290. The number of aryl methyl sites for hydroxylation is 2. The van der Waals surface area contributed by atoms with Crippen LogP contribution in [-0.4, -0.2) is 26.0 Å². The summed E-state index contributed by atoms with van der Waals surface area (Å²) in [5.41, 5.74) is 4.20. The monoisotopic (exact) mass is 437 g/mol. The Morgan fingerprint density at radius 2 is 1.94 bits per heavy atom. The van der Waals surface area contributed by atoms with Gasteiger partial charge in [-0.3, -0.25) is 9.10 Å². The molecule has 0 aliphatic carbocycles. The number of para-hydroxylation sites is 1. The Morgan fingerprint density at radius 1 is 1.16 bits per heavy atom. The molecule has 0 saturated heterocycles. The van der Waals surface area contributed by atoms with E-state index in [1.807, 2.05) is 30.3 Å². The molecule has 1 amide bonds. The van der Waals surface area contributed by atoms with E-state index in [4.69, 9.17) is 4.52 Å². The van der Waals surface area contributed by atoms with Crippen LogP contribution in [0.3, 0.4) is 0 Å². The van der Waals surface area contributed by atoms with Crippen LogP contribution in [0.25, 0.3) is 12.2 Å². The highest BCUT2D eigenvalue weighted by molar-refractivity contribution is 7.93. The van der Waals surface area contributed by atoms with E-state index >= 15 is 0 Å². The molecular formula is C23H23N3O4S. The highest BCUT2D eigenvalue weighted by Gasteiger charge is 2.31. The van der Waals surface area contributed by atoms with Crippen LogP contribution in [0.5, 0.6) is 0 Å². The Kier molecular flexibility index (Phi) is 5.41. The third-order valence-corrected chi connectivity index (χ3v) is 7.20. The minimum atomic E-state index is -3.70. The number of benzene rings is 2. The molecule has 3 aromatic rings. The van der Waals surface area contributed by atoms with E-state index in [1.54, 1.807) is 38.1 Å². The van der Waals surface area contributed by atoms with Crippen molar-refractivity contribution in [2.45, 2.75) is 32.1 Å². The molecule has 0 fully saturated rings. The molecule has 8 heteroatoms. The van der Waals surface area contributed by atoms with E-state index in [2.05, 4.69) is 10.5 Å². The van der Waals surface area contributed by atoms with Crippen LogP contribution in [0.2, 0.25) is 0 Å². The number of carbonyl (C=O) groups is 1. The van der Waals surface area contributed by atoms with Gasteiger partial charge in [-0.1, -0.05) is 41.6 Å². The average Bonchev–Trinajstić information content (AvgIpc) is 3.31. The van der Waals surface area contributed by atoms with Crippen LogP contribution in [0, 0.1) is 13.8 Å². The molecule has 0 bridgehead atoms. The molecule has 160 valence electrons. The normalized spacial score (nSPS) is 13.6. The Morgan fingerprint density at radius 3 is 2.71 bits per heavy atom. The van der Waals surface area contributed by atoms with E-state index in [1.165, 1.54) is 11.2 Å². The molecule has 2 aromatic carbocycles. The number of rotatable bonds is 5. The minimum absolute atomic E-state index is 0.226. The van der Waals surface area contributed by atoms with Crippen molar-refractivity contribution in [3.8, 4) is 0 Å². The fourth-order valence-electron chi connectivity index (χ4n) is 3.68. The number of anilines is 2. The summed E-state index contributed by atoms with van der Waals surface area (Å²) in [6.45, 7) is 5.36. The molecule has 1 N–H and O–H groups in total. The Labute approximate surface area is 181 Å². The van der Waals surface area contributed by atoms with Crippen molar-refractivity contribution >= 4 is 39.5 Å². The molecule has 7 nitrogen and oxygen atoms in total. The SMILES string of the molecule is CC(=O)Nc1c(C)noc1C=Cc1ccc(C)c(S(=O)(=O)N2CCc3ccccc32)c1. The summed E-state index contributed by atoms with van der Waals surface area (Å²) in [6, 6.07) is 12.9. The van der Waals surface area contributed by atoms with Gasteiger partial charge in [0.1, 0.15) is 11.4 Å². The molecule has 0 unspecified atom stereocenters. The number of nitrogens with zero attached hydrogens (tertiary/aromatic N) is 2.